The zero-order chi connectivity index (χ0) is 18.5. The van der Waals surface area contributed by atoms with E-state index in [-0.39, 0.29) is 0 Å². The van der Waals surface area contributed by atoms with Gasteiger partial charge < -0.3 is 4.57 Å². The van der Waals surface area contributed by atoms with Crippen molar-refractivity contribution in [3.8, 4) is 21.1 Å². The Bertz CT molecular complexity index is 1080. The molecule has 134 valence electrons. The summed E-state index contributed by atoms with van der Waals surface area (Å²) in [5.74, 6) is 0.620. The van der Waals surface area contributed by atoms with E-state index in [2.05, 4.69) is 15.2 Å². The number of nitrogens with zero attached hydrogens (tertiary/aromatic N) is 4. The molecule has 4 aromatic heterocycles. The van der Waals surface area contributed by atoms with E-state index in [4.69, 9.17) is 0 Å². The van der Waals surface area contributed by atoms with Gasteiger partial charge in [-0.25, -0.2) is 0 Å². The maximum Gasteiger partial charge on any atom is 0.417 e. The molecular weight excluding hydrogens is 401 g/mol. The van der Waals surface area contributed by atoms with Gasteiger partial charge in [0.1, 0.15) is 0 Å². The second-order valence-electron chi connectivity index (χ2n) is 5.42. The minimum atomic E-state index is -4.43. The van der Waals surface area contributed by atoms with Gasteiger partial charge in [-0.05, 0) is 23.8 Å². The van der Waals surface area contributed by atoms with Crippen molar-refractivity contribution in [2.45, 2.75) is 11.3 Å². The molecule has 0 atom stereocenters. The monoisotopic (exact) mass is 412 g/mol. The van der Waals surface area contributed by atoms with E-state index in [1.807, 2.05) is 35.4 Å². The number of thiophene rings is 2. The molecule has 0 aliphatic heterocycles. The van der Waals surface area contributed by atoms with Gasteiger partial charge in [-0.2, -0.15) is 13.2 Å². The summed E-state index contributed by atoms with van der Waals surface area (Å²) in [5, 5.41) is 11.1. The lowest BCUT2D eigenvalue weighted by molar-refractivity contribution is -0.137. The molecule has 10 heteroatoms. The Morgan fingerprint density at radius 2 is 2.04 bits per heavy atom. The molecule has 4 nitrogen and oxygen atoms in total. The Morgan fingerprint density at radius 1 is 1.23 bits per heavy atom. The number of hydrogen-bond donors (Lipinski definition) is 0. The summed E-state index contributed by atoms with van der Waals surface area (Å²) in [6.45, 7) is 0. The molecule has 0 spiro atoms. The summed E-state index contributed by atoms with van der Waals surface area (Å²) in [7, 11) is 1.85. The van der Waals surface area contributed by atoms with E-state index in [1.165, 1.54) is 34.4 Å². The fourth-order valence-corrected chi connectivity index (χ4v) is 5.19. The van der Waals surface area contributed by atoms with Gasteiger partial charge in [0, 0.05) is 23.7 Å². The summed E-state index contributed by atoms with van der Waals surface area (Å²) in [4.78, 5) is 5.85. The predicted octanol–water partition coefficient (Wildman–Crippen LogP) is 5.56. The van der Waals surface area contributed by atoms with Crippen molar-refractivity contribution >= 4 is 44.7 Å². The highest BCUT2D eigenvalue weighted by molar-refractivity contribution is 7.98. The van der Waals surface area contributed by atoms with Crippen LogP contribution in [0.5, 0.6) is 0 Å². The highest BCUT2D eigenvalue weighted by Gasteiger charge is 2.32. The maximum atomic E-state index is 13.1. The molecule has 4 rings (SSSR count). The van der Waals surface area contributed by atoms with Gasteiger partial charge >= 0.3 is 6.18 Å². The highest BCUT2D eigenvalue weighted by Crippen LogP contribution is 2.46. The number of thioether (sulfide) groups is 1. The minimum absolute atomic E-state index is 0.479. The third kappa shape index (κ3) is 2.81. The molecule has 0 aliphatic carbocycles. The van der Waals surface area contributed by atoms with Gasteiger partial charge in [-0.1, -0.05) is 17.8 Å². The topological polar surface area (TPSA) is 43.6 Å². The van der Waals surface area contributed by atoms with Gasteiger partial charge in [0.15, 0.2) is 11.0 Å². The first-order valence-electron chi connectivity index (χ1n) is 7.37. The van der Waals surface area contributed by atoms with Crippen molar-refractivity contribution < 1.29 is 13.2 Å². The van der Waals surface area contributed by atoms with Crippen LogP contribution in [-0.2, 0) is 13.2 Å². The fourth-order valence-electron chi connectivity index (χ4n) is 2.63. The number of fused-ring (bicyclic) bond motifs is 1. The summed E-state index contributed by atoms with van der Waals surface area (Å²) < 4.78 is 41.5. The quantitative estimate of drug-likeness (QED) is 0.413. The molecule has 0 saturated heterocycles. The second kappa shape index (κ2) is 6.36. The normalized spacial score (nSPS) is 12.2. The molecule has 0 aliphatic rings. The van der Waals surface area contributed by atoms with Gasteiger partial charge in [-0.15, -0.1) is 32.9 Å². The highest BCUT2D eigenvalue weighted by atomic mass is 32.2. The van der Waals surface area contributed by atoms with E-state index >= 15 is 0 Å². The van der Waals surface area contributed by atoms with Crippen molar-refractivity contribution in [2.75, 3.05) is 6.26 Å². The molecule has 0 bridgehead atoms. The Morgan fingerprint density at radius 3 is 2.65 bits per heavy atom. The molecule has 0 unspecified atom stereocenters. The summed E-state index contributed by atoms with van der Waals surface area (Å²) in [5.41, 5.74) is 0.601. The van der Waals surface area contributed by atoms with Crippen LogP contribution in [0.4, 0.5) is 13.2 Å². The lowest BCUT2D eigenvalue weighted by Crippen LogP contribution is -2.04. The van der Waals surface area contributed by atoms with Crippen molar-refractivity contribution in [3.63, 3.8) is 0 Å². The molecule has 0 N–H and O–H groups in total. The Kier molecular flexibility index (Phi) is 4.28. The maximum absolute atomic E-state index is 13.1. The van der Waals surface area contributed by atoms with Crippen LogP contribution in [0.2, 0.25) is 0 Å². The number of alkyl halides is 3. The number of pyridine rings is 1. The first-order chi connectivity index (χ1) is 12.4. The standard InChI is InChI=1S/C16H11F3N4S3/c1-23-14(21-22-15(23)24-2)13-11(9-4-3-5-25-9)12-10(26-13)6-8(7-20-12)16(17,18)19/h3-7H,1-2H3. The van der Waals surface area contributed by atoms with Gasteiger partial charge in [0.2, 0.25) is 0 Å². The average molecular weight is 412 g/mol. The van der Waals surface area contributed by atoms with Crippen LogP contribution in [0.1, 0.15) is 5.56 Å². The predicted molar refractivity (Wildman–Crippen MR) is 99.7 cm³/mol. The second-order valence-corrected chi connectivity index (χ2v) is 8.19. The van der Waals surface area contributed by atoms with E-state index in [9.17, 15) is 13.2 Å². The number of hydrogen-bond acceptors (Lipinski definition) is 6. The summed E-state index contributed by atoms with van der Waals surface area (Å²) >= 11 is 4.23. The average Bonchev–Trinajstić information content (AvgIpc) is 3.30. The van der Waals surface area contributed by atoms with Gasteiger partial charge in [-0.3, -0.25) is 4.98 Å². The fraction of sp³-hybridized carbons (Fsp3) is 0.188. The molecular formula is C16H11F3N4S3. The van der Waals surface area contributed by atoms with Gasteiger partial charge in [0.05, 0.1) is 20.7 Å². The number of aromatic nitrogens is 4. The molecule has 0 amide bonds. The zero-order valence-electron chi connectivity index (χ0n) is 13.5. The first kappa shape index (κ1) is 17.5. The van der Waals surface area contributed by atoms with Crippen LogP contribution in [0.25, 0.3) is 31.4 Å². The molecule has 4 aromatic rings. The summed E-state index contributed by atoms with van der Waals surface area (Å²) in [6.07, 6.45) is -1.64. The molecule has 0 saturated carbocycles. The lowest BCUT2D eigenvalue weighted by atomic mass is 10.1. The van der Waals surface area contributed by atoms with Crippen LogP contribution in [0.3, 0.4) is 0 Å². The Hall–Kier alpha value is -1.91. The summed E-state index contributed by atoms with van der Waals surface area (Å²) in [6, 6.07) is 4.99. The number of halogens is 3. The molecule has 0 radical (unpaired) electrons. The minimum Gasteiger partial charge on any atom is -0.304 e. The largest absolute Gasteiger partial charge is 0.417 e. The van der Waals surface area contributed by atoms with Crippen LogP contribution < -0.4 is 0 Å². The van der Waals surface area contributed by atoms with E-state index in [0.717, 1.165) is 32.7 Å². The van der Waals surface area contributed by atoms with Gasteiger partial charge in [0.25, 0.3) is 0 Å². The molecule has 4 heterocycles. The smallest absolute Gasteiger partial charge is 0.304 e. The molecule has 0 aromatic carbocycles. The van der Waals surface area contributed by atoms with Crippen molar-refractivity contribution in [1.82, 2.24) is 19.7 Å². The Labute approximate surface area is 158 Å². The third-order valence-electron chi connectivity index (χ3n) is 3.84. The Balaban J connectivity index is 2.02. The van der Waals surface area contributed by atoms with Crippen LogP contribution in [0, 0.1) is 0 Å². The third-order valence-corrected chi connectivity index (χ3v) is 6.57. The van der Waals surface area contributed by atoms with E-state index < -0.39 is 11.7 Å². The number of rotatable bonds is 3. The first-order valence-corrected chi connectivity index (χ1v) is 10.3. The molecule has 26 heavy (non-hydrogen) atoms. The molecule has 0 fully saturated rings. The van der Waals surface area contributed by atoms with Crippen molar-refractivity contribution in [3.05, 3.63) is 35.3 Å². The van der Waals surface area contributed by atoms with Crippen molar-refractivity contribution in [2.24, 2.45) is 7.05 Å². The van der Waals surface area contributed by atoms with E-state index in [0.29, 0.717) is 16.0 Å². The SMILES string of the molecule is CSc1nnc(-c2sc3cc(C(F)(F)F)cnc3c2-c2cccs2)n1C. The zero-order valence-corrected chi connectivity index (χ0v) is 16.0. The van der Waals surface area contributed by atoms with Crippen molar-refractivity contribution in [1.29, 1.82) is 0 Å². The van der Waals surface area contributed by atoms with Crippen LogP contribution in [-0.4, -0.2) is 26.0 Å². The van der Waals surface area contributed by atoms with Crippen LogP contribution >= 0.6 is 34.4 Å². The van der Waals surface area contributed by atoms with Crippen LogP contribution in [0.15, 0.2) is 34.9 Å². The van der Waals surface area contributed by atoms with E-state index in [1.54, 1.807) is 0 Å². The lowest BCUT2D eigenvalue weighted by Gasteiger charge is -2.05.